The molecule has 1 aliphatic heterocycles. The number of aliphatic imine (C=N–C) groups is 2. The number of hydrogen-bond donors (Lipinski definition) is 1. The molecule has 0 amide bonds. The van der Waals surface area contributed by atoms with Crippen LogP contribution >= 0.6 is 0 Å². The summed E-state index contributed by atoms with van der Waals surface area (Å²) < 4.78 is 5.49. The van der Waals surface area contributed by atoms with Crippen LogP contribution in [-0.2, 0) is 4.74 Å². The Bertz CT molecular complexity index is 591. The normalized spacial score (nSPS) is 24.8. The zero-order valence-corrected chi connectivity index (χ0v) is 11.9. The summed E-state index contributed by atoms with van der Waals surface area (Å²) in [6.45, 7) is 0. The first-order valence-electron chi connectivity index (χ1n) is 7.30. The van der Waals surface area contributed by atoms with Crippen molar-refractivity contribution in [2.75, 3.05) is 0 Å². The first kappa shape index (κ1) is 13.6. The monoisotopic (exact) mass is 281 g/mol. The van der Waals surface area contributed by atoms with Gasteiger partial charge in [-0.05, 0) is 48.6 Å². The van der Waals surface area contributed by atoms with Crippen LogP contribution in [0.25, 0.3) is 0 Å². The van der Waals surface area contributed by atoms with E-state index < -0.39 is 0 Å². The van der Waals surface area contributed by atoms with Crippen LogP contribution in [0.4, 0.5) is 0 Å². The number of ether oxygens (including phenoxy) is 1. The van der Waals surface area contributed by atoms with E-state index in [2.05, 4.69) is 27.6 Å². The molecule has 2 aliphatic carbocycles. The number of fused-ring (bicyclic) bond motifs is 1. The van der Waals surface area contributed by atoms with Gasteiger partial charge in [0.1, 0.15) is 12.1 Å². The minimum Gasteiger partial charge on any atom is -0.469 e. The van der Waals surface area contributed by atoms with Crippen LogP contribution in [0.15, 0.2) is 69.9 Å². The molecule has 4 nitrogen and oxygen atoms in total. The third-order valence-electron chi connectivity index (χ3n) is 3.60. The lowest BCUT2D eigenvalue weighted by molar-refractivity contribution is 0.371. The number of nitrogens with one attached hydrogen (secondary N) is 1. The molecule has 1 saturated carbocycles. The van der Waals surface area contributed by atoms with E-state index in [9.17, 15) is 0 Å². The fourth-order valence-electron chi connectivity index (χ4n) is 2.38. The zero-order valence-electron chi connectivity index (χ0n) is 11.9. The maximum Gasteiger partial charge on any atom is 0.111 e. The van der Waals surface area contributed by atoms with Crippen molar-refractivity contribution in [3.05, 3.63) is 59.9 Å². The van der Waals surface area contributed by atoms with Crippen LogP contribution < -0.4 is 5.32 Å². The zero-order chi connectivity index (χ0) is 14.3. The highest BCUT2D eigenvalue weighted by molar-refractivity contribution is 5.80. The molecule has 1 heterocycles. The Morgan fingerprint density at radius 3 is 3.24 bits per heavy atom. The lowest BCUT2D eigenvalue weighted by Gasteiger charge is -2.04. The molecule has 3 aliphatic rings. The molecule has 0 saturated heterocycles. The third kappa shape index (κ3) is 4.05. The van der Waals surface area contributed by atoms with Crippen molar-refractivity contribution >= 4 is 12.6 Å². The van der Waals surface area contributed by atoms with Gasteiger partial charge in [-0.25, -0.2) is 4.99 Å². The van der Waals surface area contributed by atoms with Gasteiger partial charge in [0, 0.05) is 25.0 Å². The van der Waals surface area contributed by atoms with Gasteiger partial charge in [-0.2, -0.15) is 0 Å². The van der Waals surface area contributed by atoms with Crippen molar-refractivity contribution in [2.24, 2.45) is 9.98 Å². The fourth-order valence-corrected chi connectivity index (χ4v) is 2.38. The van der Waals surface area contributed by atoms with Crippen LogP contribution in [0.3, 0.4) is 0 Å². The van der Waals surface area contributed by atoms with Crippen LogP contribution in [-0.4, -0.2) is 18.6 Å². The summed E-state index contributed by atoms with van der Waals surface area (Å²) in [4.78, 5) is 8.67. The fraction of sp³-hybridized carbons (Fsp3) is 0.294. The van der Waals surface area contributed by atoms with Gasteiger partial charge in [-0.15, -0.1) is 0 Å². The number of hydrogen-bond acceptors (Lipinski definition) is 4. The van der Waals surface area contributed by atoms with Gasteiger partial charge in [-0.1, -0.05) is 6.08 Å². The van der Waals surface area contributed by atoms with Gasteiger partial charge in [0.05, 0.1) is 12.3 Å². The summed E-state index contributed by atoms with van der Waals surface area (Å²) in [5.41, 5.74) is 2.58. The highest BCUT2D eigenvalue weighted by Gasteiger charge is 2.20. The summed E-state index contributed by atoms with van der Waals surface area (Å²) in [6, 6.07) is 0.265. The molecular weight excluding hydrogens is 262 g/mol. The maximum atomic E-state index is 5.49. The number of nitrogens with zero attached hydrogens (tertiary/aromatic N) is 2. The van der Waals surface area contributed by atoms with Crippen LogP contribution in [0, 0.1) is 0 Å². The van der Waals surface area contributed by atoms with Gasteiger partial charge in [0.15, 0.2) is 0 Å². The topological polar surface area (TPSA) is 46.0 Å². The number of rotatable bonds is 0. The van der Waals surface area contributed by atoms with Gasteiger partial charge < -0.3 is 10.1 Å². The molecule has 1 unspecified atom stereocenters. The van der Waals surface area contributed by atoms with E-state index in [-0.39, 0.29) is 6.04 Å². The number of allylic oxidation sites excluding steroid dienone is 6. The molecule has 21 heavy (non-hydrogen) atoms. The Hall–Kier alpha value is -2.36. The van der Waals surface area contributed by atoms with Crippen molar-refractivity contribution in [1.29, 1.82) is 0 Å². The second-order valence-electron chi connectivity index (χ2n) is 5.15. The standard InChI is InChI=1S/C17H19N3O/c1-2-8-19-13-20-16-6-4-5-15(16)12-18-9-7-14-11-17(14)21-10-3-1/h1-3,7-10,12-13,16,18H,4-6,11H2. The Kier molecular flexibility index (Phi) is 4.46. The molecule has 0 spiro atoms. The molecular formula is C17H19N3O. The van der Waals surface area contributed by atoms with Gasteiger partial charge in [0.25, 0.3) is 0 Å². The SMILES string of the molecule is C1=CC=NC=NC2CCCC2=CNC=CC2=C(C2)OC=C1. The molecule has 0 aromatic rings. The Balaban J connectivity index is 1.73. The highest BCUT2D eigenvalue weighted by Crippen LogP contribution is 2.32. The first-order chi connectivity index (χ1) is 10.4. The molecule has 1 fully saturated rings. The maximum absolute atomic E-state index is 5.49. The molecule has 0 aromatic heterocycles. The minimum absolute atomic E-state index is 0.265. The van der Waals surface area contributed by atoms with Crippen molar-refractivity contribution in [1.82, 2.24) is 5.32 Å². The van der Waals surface area contributed by atoms with E-state index in [0.717, 1.165) is 25.0 Å². The van der Waals surface area contributed by atoms with Crippen molar-refractivity contribution in [3.8, 4) is 0 Å². The predicted octanol–water partition coefficient (Wildman–Crippen LogP) is 3.38. The summed E-state index contributed by atoms with van der Waals surface area (Å²) in [5.74, 6) is 1.03. The molecule has 1 N–H and O–H groups in total. The Labute approximate surface area is 125 Å². The Morgan fingerprint density at radius 2 is 2.24 bits per heavy atom. The quantitative estimate of drug-likeness (QED) is 0.740. The molecule has 3 rings (SSSR count). The van der Waals surface area contributed by atoms with E-state index in [4.69, 9.17) is 4.74 Å². The van der Waals surface area contributed by atoms with E-state index in [1.165, 1.54) is 17.6 Å². The van der Waals surface area contributed by atoms with Gasteiger partial charge >= 0.3 is 0 Å². The molecule has 0 radical (unpaired) electrons. The van der Waals surface area contributed by atoms with Gasteiger partial charge in [-0.3, -0.25) is 4.99 Å². The minimum atomic E-state index is 0.265. The van der Waals surface area contributed by atoms with E-state index in [0.29, 0.717) is 0 Å². The van der Waals surface area contributed by atoms with Crippen molar-refractivity contribution < 1.29 is 4.74 Å². The van der Waals surface area contributed by atoms with Crippen LogP contribution in [0.1, 0.15) is 25.7 Å². The van der Waals surface area contributed by atoms with Gasteiger partial charge in [0.2, 0.25) is 0 Å². The lowest BCUT2D eigenvalue weighted by atomic mass is 10.2. The average Bonchev–Trinajstić information content (AvgIpc) is 3.08. The molecule has 0 aromatic carbocycles. The third-order valence-corrected chi connectivity index (χ3v) is 3.60. The molecule has 0 bridgehead atoms. The Morgan fingerprint density at radius 1 is 1.24 bits per heavy atom. The van der Waals surface area contributed by atoms with E-state index in [1.807, 2.05) is 24.4 Å². The van der Waals surface area contributed by atoms with Crippen molar-refractivity contribution in [3.63, 3.8) is 0 Å². The van der Waals surface area contributed by atoms with Crippen molar-refractivity contribution in [2.45, 2.75) is 31.7 Å². The average molecular weight is 281 g/mol. The molecule has 4 heteroatoms. The smallest absolute Gasteiger partial charge is 0.111 e. The molecule has 108 valence electrons. The van der Waals surface area contributed by atoms with E-state index >= 15 is 0 Å². The van der Waals surface area contributed by atoms with E-state index in [1.54, 1.807) is 18.8 Å². The molecule has 1 atom stereocenters. The first-order valence-corrected chi connectivity index (χ1v) is 7.30. The largest absolute Gasteiger partial charge is 0.469 e. The second kappa shape index (κ2) is 6.88. The van der Waals surface area contributed by atoms with Crippen LogP contribution in [0.2, 0.25) is 0 Å². The predicted molar refractivity (Wildman–Crippen MR) is 86.0 cm³/mol. The summed E-state index contributed by atoms with van der Waals surface area (Å²) >= 11 is 0. The summed E-state index contributed by atoms with van der Waals surface area (Å²) in [5, 5.41) is 3.23. The summed E-state index contributed by atoms with van der Waals surface area (Å²) in [7, 11) is 0. The van der Waals surface area contributed by atoms with Crippen LogP contribution in [0.5, 0.6) is 0 Å². The second-order valence-corrected chi connectivity index (χ2v) is 5.15. The lowest BCUT2D eigenvalue weighted by Crippen LogP contribution is -2.04. The highest BCUT2D eigenvalue weighted by atomic mass is 16.5. The summed E-state index contributed by atoms with van der Waals surface area (Å²) in [6.07, 6.45) is 21.1.